The summed E-state index contributed by atoms with van der Waals surface area (Å²) >= 11 is 0. The van der Waals surface area contributed by atoms with Crippen LogP contribution in [0.2, 0.25) is 0 Å². The summed E-state index contributed by atoms with van der Waals surface area (Å²) < 4.78 is 0. The molecule has 0 atom stereocenters. The summed E-state index contributed by atoms with van der Waals surface area (Å²) in [5.41, 5.74) is 0. The summed E-state index contributed by atoms with van der Waals surface area (Å²) in [4.78, 5) is 13.7. The molecule has 0 amide bonds. The fraction of sp³-hybridized carbons (Fsp3) is 0.455. The van der Waals surface area contributed by atoms with E-state index < -0.39 is 11.9 Å². The van der Waals surface area contributed by atoms with Crippen LogP contribution in [0, 0.1) is 0 Å². The Morgan fingerprint density at radius 3 is 2.56 bits per heavy atom. The molecule has 0 spiro atoms. The minimum Gasteiger partial charge on any atom is -0.859 e. The van der Waals surface area contributed by atoms with Crippen molar-refractivity contribution >= 4 is 11.9 Å². The molecule has 0 saturated heterocycles. The Morgan fingerprint density at radius 2 is 1.94 bits per heavy atom. The molecule has 0 aliphatic carbocycles. The van der Waals surface area contributed by atoms with Gasteiger partial charge in [-0.05, 0) is 12.0 Å². The number of aliphatic carboxylic acids is 1. The van der Waals surface area contributed by atoms with E-state index in [1.165, 1.54) is 0 Å². The van der Waals surface area contributed by atoms with E-state index in [1.54, 1.807) is 6.08 Å². The van der Waals surface area contributed by atoms with E-state index >= 15 is 0 Å². The second-order valence-electron chi connectivity index (χ2n) is 3.13. The van der Waals surface area contributed by atoms with E-state index in [0.717, 1.165) is 31.8 Å². The second kappa shape index (κ2) is 14.4. The maximum Gasteiger partial charge on any atom is 1.00 e. The van der Waals surface area contributed by atoms with Gasteiger partial charge in [-0.15, -0.1) is 6.58 Å². The normalized spacial score (nSPS) is 11.2. The summed E-state index contributed by atoms with van der Waals surface area (Å²) in [6, 6.07) is 0. The van der Waals surface area contributed by atoms with Crippen molar-refractivity contribution in [3.05, 3.63) is 24.8 Å². The summed E-state index contributed by atoms with van der Waals surface area (Å²) in [7, 11) is 0. The molecule has 0 heterocycles. The zero-order valence-electron chi connectivity index (χ0n) is 10.7. The Hall–Kier alpha value is -0.660. The number of hydrogen-bond donors (Lipinski definition) is 3. The van der Waals surface area contributed by atoms with Gasteiger partial charge in [0.05, 0.1) is 6.54 Å². The molecule has 18 heavy (non-hydrogen) atoms. The molecular weight excluding hydrogens is 245 g/mol. The third-order valence-corrected chi connectivity index (χ3v) is 1.69. The van der Waals surface area contributed by atoms with Crippen molar-refractivity contribution in [1.29, 1.82) is 0 Å². The van der Waals surface area contributed by atoms with Crippen LogP contribution < -0.4 is 45.3 Å². The first kappa shape index (κ1) is 19.7. The Kier molecular flexibility index (Phi) is 15.7. The number of nitrogens with zero attached hydrogens (tertiary/aromatic N) is 1. The number of carbonyl (C=O) groups is 1. The SMILES string of the molecule is C=CCNCCNCCN=C([O-])/C=C/C(=O)O.[Na+]. The van der Waals surface area contributed by atoms with E-state index in [1.807, 2.05) is 0 Å². The maximum atomic E-state index is 11.0. The Balaban J connectivity index is 0. The molecule has 0 aromatic heterocycles. The monoisotopic (exact) mass is 263 g/mol. The van der Waals surface area contributed by atoms with Gasteiger partial charge in [0.1, 0.15) is 0 Å². The van der Waals surface area contributed by atoms with E-state index in [-0.39, 0.29) is 29.6 Å². The molecule has 0 fully saturated rings. The fourth-order valence-electron chi connectivity index (χ4n) is 0.946. The van der Waals surface area contributed by atoms with Gasteiger partial charge in [0.25, 0.3) is 0 Å². The minimum absolute atomic E-state index is 0. The van der Waals surface area contributed by atoms with E-state index in [4.69, 9.17) is 5.11 Å². The Bertz CT molecular complexity index is 293. The number of hydrogen-bond acceptors (Lipinski definition) is 5. The molecule has 3 N–H and O–H groups in total. The first-order valence-electron chi connectivity index (χ1n) is 5.31. The van der Waals surface area contributed by atoms with Gasteiger partial charge in [0.15, 0.2) is 0 Å². The molecule has 0 unspecified atom stereocenters. The average molecular weight is 263 g/mol. The van der Waals surface area contributed by atoms with Gasteiger partial charge in [-0.2, -0.15) is 0 Å². The molecule has 0 aromatic rings. The summed E-state index contributed by atoms with van der Waals surface area (Å²) in [5.74, 6) is -1.68. The molecule has 0 saturated carbocycles. The van der Waals surface area contributed by atoms with E-state index in [9.17, 15) is 9.90 Å². The molecule has 0 bridgehead atoms. The first-order chi connectivity index (χ1) is 8.16. The predicted molar refractivity (Wildman–Crippen MR) is 65.0 cm³/mol. The zero-order chi connectivity index (χ0) is 12.9. The van der Waals surface area contributed by atoms with Crippen molar-refractivity contribution in [3.8, 4) is 0 Å². The van der Waals surface area contributed by atoms with Crippen LogP contribution in [0.3, 0.4) is 0 Å². The molecule has 0 aliphatic rings. The van der Waals surface area contributed by atoms with Crippen LogP contribution in [0.15, 0.2) is 29.8 Å². The molecular formula is C11H18N3NaO3. The smallest absolute Gasteiger partial charge is 0.859 e. The van der Waals surface area contributed by atoms with E-state index in [2.05, 4.69) is 22.2 Å². The number of nitrogens with one attached hydrogen (secondary N) is 2. The largest absolute Gasteiger partial charge is 1.00 e. The van der Waals surface area contributed by atoms with Gasteiger partial charge >= 0.3 is 35.5 Å². The van der Waals surface area contributed by atoms with Gasteiger partial charge < -0.3 is 20.8 Å². The summed E-state index contributed by atoms with van der Waals surface area (Å²) in [6.07, 6.45) is 3.50. The van der Waals surface area contributed by atoms with Crippen molar-refractivity contribution in [3.63, 3.8) is 0 Å². The predicted octanol–water partition coefficient (Wildman–Crippen LogP) is -4.24. The number of carboxylic acid groups (broad SMARTS) is 1. The van der Waals surface area contributed by atoms with E-state index in [0.29, 0.717) is 13.1 Å². The van der Waals surface area contributed by atoms with Crippen molar-refractivity contribution in [2.45, 2.75) is 0 Å². The second-order valence-corrected chi connectivity index (χ2v) is 3.13. The molecule has 0 radical (unpaired) electrons. The van der Waals surface area contributed by atoms with Crippen LogP contribution in [0.25, 0.3) is 0 Å². The van der Waals surface area contributed by atoms with Crippen LogP contribution in [0.5, 0.6) is 0 Å². The molecule has 0 rings (SSSR count). The van der Waals surface area contributed by atoms with Crippen LogP contribution >= 0.6 is 0 Å². The Labute approximate surface area is 129 Å². The number of carboxylic acids is 1. The maximum absolute atomic E-state index is 11.0. The Morgan fingerprint density at radius 1 is 1.28 bits per heavy atom. The number of rotatable bonds is 10. The van der Waals surface area contributed by atoms with Crippen molar-refractivity contribution in [2.75, 3.05) is 32.7 Å². The molecule has 7 heteroatoms. The van der Waals surface area contributed by atoms with Crippen LogP contribution in [-0.4, -0.2) is 49.7 Å². The standard InChI is InChI=1S/C11H19N3O3.Na/c1-2-5-12-6-7-13-8-9-14-10(15)3-4-11(16)17;/h2-4,12-13H,1,5-9H2,(H,14,15)(H,16,17);/q;+1/p-1/b4-3+;. The molecule has 0 aliphatic heterocycles. The van der Waals surface area contributed by atoms with Gasteiger partial charge in [-0.1, -0.05) is 6.08 Å². The van der Waals surface area contributed by atoms with Crippen molar-refractivity contribution in [2.24, 2.45) is 4.99 Å². The zero-order valence-corrected chi connectivity index (χ0v) is 12.7. The topological polar surface area (TPSA) is 96.8 Å². The van der Waals surface area contributed by atoms with Gasteiger partial charge in [0, 0.05) is 32.3 Å². The first-order valence-corrected chi connectivity index (χ1v) is 5.31. The van der Waals surface area contributed by atoms with Crippen molar-refractivity contribution < 1.29 is 44.6 Å². The number of aliphatic imine (C=N–C) groups is 1. The molecule has 0 aromatic carbocycles. The van der Waals surface area contributed by atoms with Gasteiger partial charge in [0.2, 0.25) is 0 Å². The molecule has 6 nitrogen and oxygen atoms in total. The van der Waals surface area contributed by atoms with Crippen molar-refractivity contribution in [1.82, 2.24) is 10.6 Å². The summed E-state index contributed by atoms with van der Waals surface area (Å²) in [5, 5.41) is 25.4. The van der Waals surface area contributed by atoms with Gasteiger partial charge in [-0.25, -0.2) is 4.79 Å². The summed E-state index contributed by atoms with van der Waals surface area (Å²) in [6.45, 7) is 6.86. The third-order valence-electron chi connectivity index (χ3n) is 1.69. The van der Waals surface area contributed by atoms with Gasteiger partial charge in [-0.3, -0.25) is 4.99 Å². The minimum atomic E-state index is -1.15. The van der Waals surface area contributed by atoms with Crippen LogP contribution in [0.4, 0.5) is 0 Å². The van der Waals surface area contributed by atoms with Crippen LogP contribution in [-0.2, 0) is 4.79 Å². The molecule has 96 valence electrons. The van der Waals surface area contributed by atoms with Crippen LogP contribution in [0.1, 0.15) is 0 Å². The fourth-order valence-corrected chi connectivity index (χ4v) is 0.946. The quantitative estimate of drug-likeness (QED) is 0.0926. The third kappa shape index (κ3) is 15.3. The average Bonchev–Trinajstić information content (AvgIpc) is 2.30.